The largest absolute Gasteiger partial charge is 0.748 e. The van der Waals surface area contributed by atoms with E-state index in [-0.39, 0.29) is 20.3 Å². The van der Waals surface area contributed by atoms with Crippen LogP contribution < -0.4 is 26.1 Å². The van der Waals surface area contributed by atoms with Crippen LogP contribution in [0.2, 0.25) is 0 Å². The van der Waals surface area contributed by atoms with Gasteiger partial charge in [0, 0.05) is 17.2 Å². The molecule has 0 spiro atoms. The zero-order valence-electron chi connectivity index (χ0n) is 27.0. The molecule has 0 atom stereocenters. The summed E-state index contributed by atoms with van der Waals surface area (Å²) in [6, 6.07) is 3.91. The van der Waals surface area contributed by atoms with Crippen LogP contribution in [0.5, 0.6) is 0 Å². The van der Waals surface area contributed by atoms with Crippen LogP contribution in [0.1, 0.15) is 24.0 Å². The molecule has 0 radical (unpaired) electrons. The molecule has 276 valence electrons. The quantitative estimate of drug-likeness (QED) is 0.127. The Hall–Kier alpha value is -4.48. The van der Waals surface area contributed by atoms with Gasteiger partial charge in [-0.3, -0.25) is 42.8 Å². The lowest BCUT2D eigenvalue weighted by Gasteiger charge is -2.21. The molecule has 4 heterocycles. The highest BCUT2D eigenvalue weighted by Gasteiger charge is 2.35. The van der Waals surface area contributed by atoms with Crippen molar-refractivity contribution in [3.05, 3.63) is 75.2 Å². The second-order valence-electron chi connectivity index (χ2n) is 11.4. The molecule has 17 nitrogen and oxygen atoms in total. The van der Waals surface area contributed by atoms with Crippen molar-refractivity contribution in [1.82, 2.24) is 14.0 Å². The highest BCUT2D eigenvalue weighted by molar-refractivity contribution is 8.30. The number of benzene rings is 1. The summed E-state index contributed by atoms with van der Waals surface area (Å²) in [5.41, 5.74) is -0.0790. The number of thioether (sulfide) groups is 2. The highest BCUT2D eigenvalue weighted by Crippen LogP contribution is 2.47. The molecule has 1 saturated heterocycles. The van der Waals surface area contributed by atoms with Gasteiger partial charge in [0.2, 0.25) is 5.55 Å². The molecular formula is C30H27N4O13S5-. The third kappa shape index (κ3) is 8.26. The molecular weight excluding hydrogens is 785 g/mol. The molecule has 3 aromatic rings. The Morgan fingerprint density at radius 2 is 1.52 bits per heavy atom. The average molecular weight is 812 g/mol. The average Bonchev–Trinajstić information content (AvgIpc) is 3.72. The number of hydrogen-bond donors (Lipinski definition) is 3. The lowest BCUT2D eigenvalue weighted by atomic mass is 10.1. The molecule has 1 fully saturated rings. The molecule has 1 amide bonds. The Balaban J connectivity index is 1.71. The summed E-state index contributed by atoms with van der Waals surface area (Å²) in [6.45, 7) is 1.48. The zero-order valence-corrected chi connectivity index (χ0v) is 31.1. The van der Waals surface area contributed by atoms with Crippen molar-refractivity contribution in [2.75, 3.05) is 23.7 Å². The lowest BCUT2D eigenvalue weighted by Crippen LogP contribution is -2.35. The normalized spacial score (nSPS) is 17.4. The monoisotopic (exact) mass is 811 g/mol. The Kier molecular flexibility index (Phi) is 11.4. The molecule has 0 aliphatic carbocycles. The number of carbonyl (C=O) groups excluding carboxylic acids is 1. The van der Waals surface area contributed by atoms with Crippen molar-refractivity contribution in [2.24, 2.45) is 0 Å². The molecule has 0 saturated carbocycles. The van der Waals surface area contributed by atoms with Gasteiger partial charge in [-0.1, -0.05) is 35.7 Å². The molecule has 3 N–H and O–H groups in total. The van der Waals surface area contributed by atoms with Crippen molar-refractivity contribution in [1.29, 1.82) is 0 Å². The highest BCUT2D eigenvalue weighted by atomic mass is 32.2. The number of carbonyl (C=O) groups is 4. The van der Waals surface area contributed by atoms with Crippen LogP contribution in [0, 0.1) is 23.9 Å². The van der Waals surface area contributed by atoms with E-state index in [4.69, 9.17) is 16.6 Å². The van der Waals surface area contributed by atoms with E-state index in [1.165, 1.54) is 23.9 Å². The predicted molar refractivity (Wildman–Crippen MR) is 192 cm³/mol. The summed E-state index contributed by atoms with van der Waals surface area (Å²) < 4.78 is 39.8. The molecule has 1 aromatic carbocycles. The van der Waals surface area contributed by atoms with E-state index in [1.807, 2.05) is 30.9 Å². The molecule has 2 aliphatic rings. The third-order valence-corrected chi connectivity index (χ3v) is 12.3. The van der Waals surface area contributed by atoms with E-state index in [0.29, 0.717) is 50.2 Å². The number of oxazole rings is 1. The standard InChI is InChI=1S/C30H28N4O13S5/c1-14-9-16-18(10-15(14)2)49-19(31(16)7-3-4-8-52(44,45)46)6-5-17-25(41)32(11-20(35)36)28(47-17)23-26(42)33(12-21(37)38)29(50-23)24-27(43)34(13-22(39)40)30(48)51-24/h5-6,9-10H,3-4,7-8,11-13H2,1-2H3,(H,35,36)(H,37,38)(H,39,40)(H,44,45,46)/p-1/b17-5?,19-6?,28-23+,29-24+. The van der Waals surface area contributed by atoms with Crippen molar-refractivity contribution < 1.29 is 51.9 Å². The number of nitrogens with zero attached hydrogens (tertiary/aromatic N) is 4. The van der Waals surface area contributed by atoms with E-state index >= 15 is 0 Å². The third-order valence-electron chi connectivity index (χ3n) is 7.66. The Bertz CT molecular complexity index is 2550. The van der Waals surface area contributed by atoms with Crippen LogP contribution in [0.15, 0.2) is 42.1 Å². The number of allylic oxidation sites excluding steroid dienone is 1. The first kappa shape index (κ1) is 38.7. The second-order valence-corrected chi connectivity index (χ2v) is 16.6. The van der Waals surface area contributed by atoms with Crippen LogP contribution in [-0.4, -0.2) is 89.3 Å². The smallest absolute Gasteiger partial charge is 0.323 e. The van der Waals surface area contributed by atoms with Gasteiger partial charge < -0.3 is 29.2 Å². The van der Waals surface area contributed by atoms with Gasteiger partial charge in [0.25, 0.3) is 17.0 Å². The fraction of sp³-hybridized carbons (Fsp3) is 0.300. The first-order valence-corrected chi connectivity index (χ1v) is 19.4. The van der Waals surface area contributed by atoms with E-state index < -0.39 is 85.9 Å². The van der Waals surface area contributed by atoms with Crippen molar-refractivity contribution in [3.8, 4) is 0 Å². The van der Waals surface area contributed by atoms with Crippen LogP contribution in [0.25, 0.3) is 11.0 Å². The molecule has 2 aromatic heterocycles. The number of amides is 1. The summed E-state index contributed by atoms with van der Waals surface area (Å²) in [5.74, 6) is -5.75. The van der Waals surface area contributed by atoms with Crippen molar-refractivity contribution in [3.63, 3.8) is 0 Å². The van der Waals surface area contributed by atoms with Gasteiger partial charge in [-0.2, -0.15) is 0 Å². The first-order chi connectivity index (χ1) is 24.4. The molecule has 52 heavy (non-hydrogen) atoms. The van der Waals surface area contributed by atoms with Gasteiger partial charge in [-0.15, -0.1) is 11.3 Å². The number of aromatic nitrogens is 2. The molecule has 0 bridgehead atoms. The van der Waals surface area contributed by atoms with E-state index in [1.54, 1.807) is 0 Å². The van der Waals surface area contributed by atoms with Crippen molar-refractivity contribution >= 4 is 102 Å². The van der Waals surface area contributed by atoms with Crippen LogP contribution in [-0.2, 0) is 42.4 Å². The van der Waals surface area contributed by atoms with Gasteiger partial charge in [0.15, 0.2) is 9.95 Å². The minimum atomic E-state index is -4.40. The fourth-order valence-corrected chi connectivity index (χ4v) is 9.45. The second kappa shape index (κ2) is 15.2. The van der Waals surface area contributed by atoms with E-state index in [2.05, 4.69) is 0 Å². The molecule has 5 rings (SSSR count). The van der Waals surface area contributed by atoms with E-state index in [0.717, 1.165) is 26.6 Å². The first-order valence-electron chi connectivity index (χ1n) is 15.0. The maximum atomic E-state index is 13.7. The molecule has 0 unspecified atom stereocenters. The maximum Gasteiger partial charge on any atom is 0.323 e. The van der Waals surface area contributed by atoms with Gasteiger partial charge in [0.05, 0.1) is 20.8 Å². The predicted octanol–water partition coefficient (Wildman–Crippen LogP) is 0.350. The number of unbranched alkanes of at least 4 members (excludes halogenated alkanes) is 1. The Morgan fingerprint density at radius 1 is 0.885 bits per heavy atom. The number of thiocarbonyl (C=S) groups is 1. The number of rotatable bonds is 12. The number of carboxylic acids is 3. The minimum absolute atomic E-state index is 0.112. The van der Waals surface area contributed by atoms with Crippen molar-refractivity contribution in [2.45, 2.75) is 44.7 Å². The summed E-state index contributed by atoms with van der Waals surface area (Å²) >= 11 is 7.66. The number of thiazole rings is 1. The van der Waals surface area contributed by atoms with E-state index in [9.17, 15) is 57.1 Å². The number of aliphatic carboxylic acids is 3. The Labute approximate surface area is 310 Å². The number of carboxylic acid groups (broad SMARTS) is 3. The van der Waals surface area contributed by atoms with Gasteiger partial charge >= 0.3 is 17.9 Å². The summed E-state index contributed by atoms with van der Waals surface area (Å²) in [6.07, 6.45) is 3.24. The lowest BCUT2D eigenvalue weighted by molar-refractivity contribution is -0.140. The van der Waals surface area contributed by atoms with Crippen LogP contribution in [0.3, 0.4) is 0 Å². The number of hydrogen-bond acceptors (Lipinski definition) is 15. The Morgan fingerprint density at radius 3 is 2.15 bits per heavy atom. The van der Waals surface area contributed by atoms with Crippen LogP contribution in [0.4, 0.5) is 5.69 Å². The van der Waals surface area contributed by atoms with Crippen LogP contribution >= 0.6 is 47.1 Å². The SMILES string of the molecule is Cc1cc2c(cc1C)N(CCCCS(=O)(=O)[O-])C(=CC=c1o/c(=c3/s/c(=C4/SC(=S)N(CC(=O)O)C4=O)n(CC(=O)O)c3=O)n(CC(=O)O)c1=O)S2. The number of aryl methyl sites for hydroxylation is 2. The zero-order chi connectivity index (χ0) is 38.2. The summed E-state index contributed by atoms with van der Waals surface area (Å²) in [4.78, 5) is 78.6. The number of anilines is 1. The molecule has 22 heteroatoms. The fourth-order valence-electron chi connectivity index (χ4n) is 5.18. The van der Waals surface area contributed by atoms with Gasteiger partial charge in [-0.05, 0) is 62.1 Å². The van der Waals surface area contributed by atoms with Gasteiger partial charge in [-0.25, -0.2) is 8.42 Å². The number of fused-ring (bicyclic) bond motifs is 1. The topological polar surface area (TPSA) is 250 Å². The molecule has 2 aliphatic heterocycles. The summed E-state index contributed by atoms with van der Waals surface area (Å²) in [5, 5.41) is 29.0. The summed E-state index contributed by atoms with van der Waals surface area (Å²) in [7, 11) is -4.40. The minimum Gasteiger partial charge on any atom is -0.748 e. The van der Waals surface area contributed by atoms with Gasteiger partial charge in [0.1, 0.15) is 33.5 Å². The maximum absolute atomic E-state index is 13.7.